The summed E-state index contributed by atoms with van der Waals surface area (Å²) < 4.78 is 2.23. The molecule has 5 heteroatoms. The Hall–Kier alpha value is -3.08. The van der Waals surface area contributed by atoms with Gasteiger partial charge in [-0.1, -0.05) is 36.4 Å². The van der Waals surface area contributed by atoms with Crippen LogP contribution in [0.5, 0.6) is 0 Å². The zero-order chi connectivity index (χ0) is 16.0. The van der Waals surface area contributed by atoms with Crippen molar-refractivity contribution in [3.05, 3.63) is 86.8 Å². The first kappa shape index (κ1) is 13.6. The summed E-state index contributed by atoms with van der Waals surface area (Å²) in [7, 11) is 1.62. The molecule has 1 unspecified atom stereocenters. The van der Waals surface area contributed by atoms with Gasteiger partial charge in [-0.05, 0) is 11.6 Å². The highest BCUT2D eigenvalue weighted by Crippen LogP contribution is 2.35. The van der Waals surface area contributed by atoms with Crippen molar-refractivity contribution in [2.75, 3.05) is 0 Å². The van der Waals surface area contributed by atoms with Crippen LogP contribution >= 0.6 is 0 Å². The van der Waals surface area contributed by atoms with Gasteiger partial charge in [-0.15, -0.1) is 0 Å². The normalized spacial score (nSPS) is 16.6. The van der Waals surface area contributed by atoms with Crippen molar-refractivity contribution in [3.63, 3.8) is 0 Å². The van der Waals surface area contributed by atoms with Gasteiger partial charge in [0, 0.05) is 39.3 Å². The third-order valence-electron chi connectivity index (χ3n) is 4.26. The van der Waals surface area contributed by atoms with Gasteiger partial charge in [0.15, 0.2) is 0 Å². The van der Waals surface area contributed by atoms with E-state index >= 15 is 0 Å². The molecule has 0 aliphatic carbocycles. The molecule has 0 saturated carbocycles. The molecule has 1 aliphatic heterocycles. The number of rotatable bonds is 1. The summed E-state index contributed by atoms with van der Waals surface area (Å²) >= 11 is 0. The first-order chi connectivity index (χ1) is 11.2. The molecular weight excluding hydrogens is 290 g/mol. The van der Waals surface area contributed by atoms with Crippen LogP contribution in [-0.4, -0.2) is 14.5 Å². The van der Waals surface area contributed by atoms with Gasteiger partial charge in [0.1, 0.15) is 0 Å². The topological polar surface area (TPSA) is 55.0 Å². The predicted octanol–water partition coefficient (Wildman–Crippen LogP) is 2.79. The molecule has 1 aromatic heterocycles. The van der Waals surface area contributed by atoms with Crippen molar-refractivity contribution < 1.29 is 4.76 Å². The Morgan fingerprint density at radius 2 is 1.83 bits per heavy atom. The van der Waals surface area contributed by atoms with Crippen molar-refractivity contribution in [1.82, 2.24) is 9.78 Å². The summed E-state index contributed by atoms with van der Waals surface area (Å²) in [6, 6.07) is 12.8. The molecule has 0 saturated heterocycles. The Balaban J connectivity index is 2.03. The molecule has 0 bridgehead atoms. The Bertz CT molecular complexity index is 1030. The van der Waals surface area contributed by atoms with E-state index in [1.165, 1.54) is 10.9 Å². The second-order valence-electron chi connectivity index (χ2n) is 5.59. The van der Waals surface area contributed by atoms with E-state index in [4.69, 9.17) is 0 Å². The maximum atomic E-state index is 12.5. The number of nitrogens with zero attached hydrogens (tertiary/aromatic N) is 3. The van der Waals surface area contributed by atoms with Crippen LogP contribution in [-0.2, 0) is 7.05 Å². The summed E-state index contributed by atoms with van der Waals surface area (Å²) in [6.45, 7) is 0. The van der Waals surface area contributed by atoms with E-state index in [2.05, 4.69) is 5.10 Å². The molecular formula is C18H14N3O2+. The van der Waals surface area contributed by atoms with E-state index in [-0.39, 0.29) is 5.56 Å². The fourth-order valence-electron chi connectivity index (χ4n) is 3.12. The van der Waals surface area contributed by atoms with Gasteiger partial charge in [0.2, 0.25) is 6.20 Å². The minimum absolute atomic E-state index is 0.165. The zero-order valence-corrected chi connectivity index (χ0v) is 12.5. The minimum Gasteiger partial charge on any atom is -0.267 e. The number of aryl methyl sites for hydroxylation is 1. The summed E-state index contributed by atoms with van der Waals surface area (Å²) in [5.41, 5.74) is 2.57. The number of benzene rings is 2. The SMILES string of the molecule is Cn1ncc2c(C3c4ccccc4C=C[N+]3=O)cccc2c1=O. The molecule has 3 aromatic rings. The second kappa shape index (κ2) is 4.98. The van der Waals surface area contributed by atoms with Crippen LogP contribution < -0.4 is 5.56 Å². The second-order valence-corrected chi connectivity index (χ2v) is 5.59. The van der Waals surface area contributed by atoms with Crippen LogP contribution in [0.1, 0.15) is 22.7 Å². The molecule has 112 valence electrons. The number of aromatic nitrogens is 2. The third kappa shape index (κ3) is 2.01. The van der Waals surface area contributed by atoms with Gasteiger partial charge in [-0.3, -0.25) is 4.79 Å². The van der Waals surface area contributed by atoms with Crippen LogP contribution in [0, 0.1) is 4.91 Å². The van der Waals surface area contributed by atoms with Crippen molar-refractivity contribution in [3.8, 4) is 0 Å². The van der Waals surface area contributed by atoms with Gasteiger partial charge in [-0.2, -0.15) is 5.10 Å². The van der Waals surface area contributed by atoms with Crippen LogP contribution in [0.2, 0.25) is 0 Å². The molecule has 0 radical (unpaired) electrons. The smallest absolute Gasteiger partial charge is 0.267 e. The van der Waals surface area contributed by atoms with Crippen LogP contribution in [0.25, 0.3) is 16.8 Å². The Labute approximate surface area is 132 Å². The van der Waals surface area contributed by atoms with Crippen LogP contribution in [0.15, 0.2) is 59.7 Å². The minimum atomic E-state index is -0.478. The maximum absolute atomic E-state index is 12.5. The highest BCUT2D eigenvalue weighted by Gasteiger charge is 2.34. The first-order valence-electron chi connectivity index (χ1n) is 7.34. The highest BCUT2D eigenvalue weighted by atomic mass is 16.3. The van der Waals surface area contributed by atoms with Crippen LogP contribution in [0.3, 0.4) is 0 Å². The van der Waals surface area contributed by atoms with Gasteiger partial charge < -0.3 is 0 Å². The molecule has 4 rings (SSSR count). The van der Waals surface area contributed by atoms with Crippen molar-refractivity contribution >= 4 is 16.8 Å². The Kier molecular flexibility index (Phi) is 2.94. The van der Waals surface area contributed by atoms with Crippen molar-refractivity contribution in [2.45, 2.75) is 6.04 Å². The molecule has 0 N–H and O–H groups in total. The molecule has 0 fully saturated rings. The fourth-order valence-corrected chi connectivity index (χ4v) is 3.12. The van der Waals surface area contributed by atoms with Crippen LogP contribution in [0.4, 0.5) is 0 Å². The lowest BCUT2D eigenvalue weighted by atomic mass is 9.90. The number of nitroso groups, excluding NO2 is 1. The molecule has 5 nitrogen and oxygen atoms in total. The molecule has 0 amide bonds. The van der Waals surface area contributed by atoms with Gasteiger partial charge in [-0.25, -0.2) is 4.68 Å². The largest absolute Gasteiger partial charge is 0.274 e. The first-order valence-corrected chi connectivity index (χ1v) is 7.34. The lowest BCUT2D eigenvalue weighted by molar-refractivity contribution is -0.516. The van der Waals surface area contributed by atoms with E-state index < -0.39 is 6.04 Å². The average molecular weight is 304 g/mol. The van der Waals surface area contributed by atoms with Gasteiger partial charge in [0.05, 0.1) is 11.6 Å². The van der Waals surface area contributed by atoms with E-state index in [1.54, 1.807) is 25.4 Å². The maximum Gasteiger partial charge on any atom is 0.274 e. The average Bonchev–Trinajstić information content (AvgIpc) is 2.58. The Morgan fingerprint density at radius 1 is 1.04 bits per heavy atom. The van der Waals surface area contributed by atoms with E-state index in [0.29, 0.717) is 10.8 Å². The van der Waals surface area contributed by atoms with E-state index in [1.807, 2.05) is 36.4 Å². The lowest BCUT2D eigenvalue weighted by Crippen LogP contribution is -2.21. The lowest BCUT2D eigenvalue weighted by Gasteiger charge is -2.16. The van der Waals surface area contributed by atoms with Crippen molar-refractivity contribution in [2.24, 2.45) is 7.05 Å². The number of hydrogen-bond acceptors (Lipinski definition) is 3. The molecule has 2 aromatic carbocycles. The highest BCUT2D eigenvalue weighted by molar-refractivity contribution is 5.85. The zero-order valence-electron chi connectivity index (χ0n) is 12.5. The summed E-state index contributed by atoms with van der Waals surface area (Å²) in [5, 5.41) is 5.39. The molecule has 2 heterocycles. The quantitative estimate of drug-likeness (QED) is 0.650. The molecule has 0 spiro atoms. The summed E-state index contributed by atoms with van der Waals surface area (Å²) in [5.74, 6) is 0. The fraction of sp³-hybridized carbons (Fsp3) is 0.111. The van der Waals surface area contributed by atoms with Crippen molar-refractivity contribution in [1.29, 1.82) is 0 Å². The molecule has 1 aliphatic rings. The van der Waals surface area contributed by atoms with Gasteiger partial charge >= 0.3 is 0 Å². The standard InChI is InChI=1S/C18H14N3O2/c1-20-18(22)15-8-4-7-14(16(15)11-19-20)17-13-6-3-2-5-12(13)9-10-21(17)23/h2-11,17H,1H3/q+1. The predicted molar refractivity (Wildman–Crippen MR) is 87.9 cm³/mol. The monoisotopic (exact) mass is 304 g/mol. The molecule has 23 heavy (non-hydrogen) atoms. The Morgan fingerprint density at radius 3 is 2.70 bits per heavy atom. The molecule has 1 atom stereocenters. The summed E-state index contributed by atoms with van der Waals surface area (Å²) in [6.07, 6.45) is 4.99. The van der Waals surface area contributed by atoms with E-state index in [9.17, 15) is 9.70 Å². The number of hydrogen-bond donors (Lipinski definition) is 0. The summed E-state index contributed by atoms with van der Waals surface area (Å²) in [4.78, 5) is 24.8. The third-order valence-corrected chi connectivity index (χ3v) is 4.26. The number of fused-ring (bicyclic) bond motifs is 2. The van der Waals surface area contributed by atoms with E-state index in [0.717, 1.165) is 21.5 Å². The van der Waals surface area contributed by atoms with Gasteiger partial charge in [0.25, 0.3) is 11.6 Å².